The molecule has 2 aromatic rings. The maximum Gasteiger partial charge on any atom is 0.138 e. The van der Waals surface area contributed by atoms with Crippen LogP contribution in [-0.4, -0.2) is 16.2 Å². The van der Waals surface area contributed by atoms with Gasteiger partial charge in [-0.1, -0.05) is 12.1 Å². The van der Waals surface area contributed by atoms with E-state index in [0.29, 0.717) is 13.2 Å². The van der Waals surface area contributed by atoms with Gasteiger partial charge < -0.3 is 15.0 Å². The lowest BCUT2D eigenvalue weighted by Gasteiger charge is -2.12. The van der Waals surface area contributed by atoms with Crippen LogP contribution in [0.2, 0.25) is 0 Å². The van der Waals surface area contributed by atoms with Gasteiger partial charge in [0.05, 0.1) is 17.3 Å². The molecule has 0 bridgehead atoms. The highest BCUT2D eigenvalue weighted by atomic mass is 79.9. The first-order valence-electron chi connectivity index (χ1n) is 5.37. The van der Waals surface area contributed by atoms with Gasteiger partial charge in [0.1, 0.15) is 12.4 Å². The van der Waals surface area contributed by atoms with E-state index in [1.165, 1.54) is 0 Å². The molecule has 5 heteroatoms. The molecule has 0 unspecified atom stereocenters. The molecule has 1 aromatic heterocycles. The predicted molar refractivity (Wildman–Crippen MR) is 69.8 cm³/mol. The Kier molecular flexibility index (Phi) is 4.17. The Balaban J connectivity index is 1.98. The van der Waals surface area contributed by atoms with Crippen molar-refractivity contribution in [2.45, 2.75) is 13.1 Å². The van der Waals surface area contributed by atoms with Crippen LogP contribution in [0.4, 0.5) is 0 Å². The van der Waals surface area contributed by atoms with Crippen molar-refractivity contribution in [1.29, 1.82) is 0 Å². The molecule has 0 saturated carbocycles. The van der Waals surface area contributed by atoms with Gasteiger partial charge in [0.2, 0.25) is 0 Å². The Hall–Kier alpha value is -1.33. The van der Waals surface area contributed by atoms with Crippen LogP contribution in [0.3, 0.4) is 0 Å². The highest BCUT2D eigenvalue weighted by molar-refractivity contribution is 9.10. The Bertz CT molecular complexity index is 471. The van der Waals surface area contributed by atoms with Crippen LogP contribution >= 0.6 is 15.9 Å². The van der Waals surface area contributed by atoms with Crippen LogP contribution in [0.25, 0.3) is 0 Å². The number of hydrogen-bond acceptors (Lipinski definition) is 3. The first-order valence-corrected chi connectivity index (χ1v) is 6.16. The normalized spacial score (nSPS) is 10.5. The SMILES string of the molecule is NCc1cccc(Br)c1OCCn1ccnc1. The van der Waals surface area contributed by atoms with E-state index in [4.69, 9.17) is 10.5 Å². The molecular weight excluding hydrogens is 282 g/mol. The number of benzene rings is 1. The van der Waals surface area contributed by atoms with Gasteiger partial charge in [-0.15, -0.1) is 0 Å². The number of para-hydroxylation sites is 1. The third-order valence-electron chi connectivity index (χ3n) is 2.42. The predicted octanol–water partition coefficient (Wildman–Crippen LogP) is 2.18. The van der Waals surface area contributed by atoms with E-state index in [9.17, 15) is 0 Å². The zero-order valence-electron chi connectivity index (χ0n) is 9.34. The summed E-state index contributed by atoms with van der Waals surface area (Å²) in [6.07, 6.45) is 5.43. The summed E-state index contributed by atoms with van der Waals surface area (Å²) >= 11 is 3.47. The summed E-state index contributed by atoms with van der Waals surface area (Å²) in [5.74, 6) is 0.829. The minimum Gasteiger partial charge on any atom is -0.490 e. The van der Waals surface area contributed by atoms with Gasteiger partial charge in [-0.3, -0.25) is 0 Å². The lowest BCUT2D eigenvalue weighted by molar-refractivity contribution is 0.293. The molecule has 1 heterocycles. The minimum absolute atomic E-state index is 0.472. The number of rotatable bonds is 5. The fourth-order valence-corrected chi connectivity index (χ4v) is 2.07. The van der Waals surface area contributed by atoms with Crippen molar-refractivity contribution in [3.8, 4) is 5.75 Å². The summed E-state index contributed by atoms with van der Waals surface area (Å²) in [6, 6.07) is 5.87. The van der Waals surface area contributed by atoms with E-state index in [1.807, 2.05) is 29.0 Å². The number of nitrogens with zero attached hydrogens (tertiary/aromatic N) is 2. The van der Waals surface area contributed by atoms with Crippen LogP contribution in [0.15, 0.2) is 41.4 Å². The van der Waals surface area contributed by atoms with Gasteiger partial charge >= 0.3 is 0 Å². The minimum atomic E-state index is 0.472. The lowest BCUT2D eigenvalue weighted by Crippen LogP contribution is -2.09. The summed E-state index contributed by atoms with van der Waals surface area (Å²) in [5.41, 5.74) is 6.67. The van der Waals surface area contributed by atoms with Gasteiger partial charge in [-0.05, 0) is 22.0 Å². The van der Waals surface area contributed by atoms with Gasteiger partial charge in [0.25, 0.3) is 0 Å². The zero-order valence-corrected chi connectivity index (χ0v) is 10.9. The number of ether oxygens (including phenoxy) is 1. The van der Waals surface area contributed by atoms with Crippen molar-refractivity contribution < 1.29 is 4.74 Å². The Morgan fingerprint density at radius 2 is 2.29 bits per heavy atom. The molecule has 0 aliphatic carbocycles. The van der Waals surface area contributed by atoms with E-state index in [1.54, 1.807) is 12.5 Å². The molecule has 0 amide bonds. The van der Waals surface area contributed by atoms with Crippen LogP contribution in [0, 0.1) is 0 Å². The molecule has 0 atom stereocenters. The van der Waals surface area contributed by atoms with E-state index >= 15 is 0 Å². The molecule has 1 aromatic carbocycles. The average molecular weight is 296 g/mol. The highest BCUT2D eigenvalue weighted by Gasteiger charge is 2.06. The second-order valence-corrected chi connectivity index (χ2v) is 4.44. The Morgan fingerprint density at radius 1 is 1.41 bits per heavy atom. The number of aromatic nitrogens is 2. The number of halogens is 1. The Morgan fingerprint density at radius 3 is 3.00 bits per heavy atom. The van der Waals surface area contributed by atoms with Crippen molar-refractivity contribution in [2.24, 2.45) is 5.73 Å². The maximum absolute atomic E-state index is 5.76. The monoisotopic (exact) mass is 295 g/mol. The summed E-state index contributed by atoms with van der Waals surface area (Å²) < 4.78 is 8.66. The van der Waals surface area contributed by atoms with E-state index in [0.717, 1.165) is 22.3 Å². The van der Waals surface area contributed by atoms with Crippen molar-refractivity contribution in [2.75, 3.05) is 6.61 Å². The number of nitrogens with two attached hydrogens (primary N) is 1. The molecule has 90 valence electrons. The largest absolute Gasteiger partial charge is 0.490 e. The van der Waals surface area contributed by atoms with Crippen molar-refractivity contribution in [3.05, 3.63) is 47.0 Å². The van der Waals surface area contributed by atoms with Gasteiger partial charge in [-0.25, -0.2) is 4.98 Å². The van der Waals surface area contributed by atoms with Crippen LogP contribution < -0.4 is 10.5 Å². The Labute approximate surface area is 109 Å². The maximum atomic E-state index is 5.76. The molecule has 0 aliphatic heterocycles. The van der Waals surface area contributed by atoms with Crippen LogP contribution in [-0.2, 0) is 13.1 Å². The molecule has 0 aliphatic rings. The number of hydrogen-bond donors (Lipinski definition) is 1. The fraction of sp³-hybridized carbons (Fsp3) is 0.250. The molecule has 17 heavy (non-hydrogen) atoms. The summed E-state index contributed by atoms with van der Waals surface area (Å²) in [4.78, 5) is 3.98. The van der Waals surface area contributed by atoms with Crippen LogP contribution in [0.5, 0.6) is 5.75 Å². The second-order valence-electron chi connectivity index (χ2n) is 3.58. The molecule has 0 radical (unpaired) electrons. The summed E-state index contributed by atoms with van der Waals surface area (Å²) in [5, 5.41) is 0. The van der Waals surface area contributed by atoms with Gasteiger partial charge in [-0.2, -0.15) is 0 Å². The first kappa shape index (κ1) is 12.1. The molecule has 2 rings (SSSR count). The molecule has 4 nitrogen and oxygen atoms in total. The lowest BCUT2D eigenvalue weighted by atomic mass is 10.2. The molecule has 0 spiro atoms. The fourth-order valence-electron chi connectivity index (χ4n) is 1.55. The topological polar surface area (TPSA) is 53.1 Å². The van der Waals surface area contributed by atoms with Crippen molar-refractivity contribution in [1.82, 2.24) is 9.55 Å². The third kappa shape index (κ3) is 3.08. The first-order chi connectivity index (χ1) is 8.31. The molecular formula is C12H14BrN3O. The van der Waals surface area contributed by atoms with E-state index < -0.39 is 0 Å². The van der Waals surface area contributed by atoms with E-state index in [2.05, 4.69) is 20.9 Å². The van der Waals surface area contributed by atoms with E-state index in [-0.39, 0.29) is 0 Å². The quantitative estimate of drug-likeness (QED) is 0.920. The molecule has 0 fully saturated rings. The van der Waals surface area contributed by atoms with Gasteiger partial charge in [0, 0.05) is 24.5 Å². The van der Waals surface area contributed by atoms with Crippen molar-refractivity contribution >= 4 is 15.9 Å². The highest BCUT2D eigenvalue weighted by Crippen LogP contribution is 2.28. The molecule has 0 saturated heterocycles. The smallest absolute Gasteiger partial charge is 0.138 e. The van der Waals surface area contributed by atoms with Gasteiger partial charge in [0.15, 0.2) is 0 Å². The average Bonchev–Trinajstić information content (AvgIpc) is 2.84. The summed E-state index contributed by atoms with van der Waals surface area (Å²) in [7, 11) is 0. The van der Waals surface area contributed by atoms with Crippen LogP contribution in [0.1, 0.15) is 5.56 Å². The molecule has 2 N–H and O–H groups in total. The summed E-state index contributed by atoms with van der Waals surface area (Å²) in [6.45, 7) is 1.83. The second kappa shape index (κ2) is 5.84. The zero-order chi connectivity index (χ0) is 12.1. The third-order valence-corrected chi connectivity index (χ3v) is 3.05. The standard InChI is InChI=1S/C12H14BrN3O/c13-11-3-1-2-10(8-14)12(11)17-7-6-16-5-4-15-9-16/h1-5,9H,6-8,14H2. The van der Waals surface area contributed by atoms with Crippen molar-refractivity contribution in [3.63, 3.8) is 0 Å². The number of imidazole rings is 1.